The predicted octanol–water partition coefficient (Wildman–Crippen LogP) is 3.32. The number of benzene rings is 1. The van der Waals surface area contributed by atoms with Crippen LogP contribution in [0.2, 0.25) is 0 Å². The largest absolute Gasteiger partial charge is 0.441 e. The lowest BCUT2D eigenvalue weighted by Crippen LogP contribution is -2.35. The van der Waals surface area contributed by atoms with Crippen LogP contribution in [0.4, 0.5) is 10.3 Å². The summed E-state index contributed by atoms with van der Waals surface area (Å²) in [5.74, 6) is 0.844. The van der Waals surface area contributed by atoms with E-state index in [0.29, 0.717) is 19.0 Å². The van der Waals surface area contributed by atoms with Crippen LogP contribution < -0.4 is 4.90 Å². The minimum Gasteiger partial charge on any atom is -0.441 e. The SMILES string of the molecule is N#C/C(=C/c1ccc(N2CCOCC2)o1)c1ccccc1F. The van der Waals surface area contributed by atoms with Gasteiger partial charge < -0.3 is 14.1 Å². The van der Waals surface area contributed by atoms with Crippen LogP contribution in [0.3, 0.4) is 0 Å². The minimum atomic E-state index is -0.421. The summed E-state index contributed by atoms with van der Waals surface area (Å²) >= 11 is 0. The van der Waals surface area contributed by atoms with E-state index in [9.17, 15) is 9.65 Å². The van der Waals surface area contributed by atoms with Crippen molar-refractivity contribution >= 4 is 17.5 Å². The standard InChI is InChI=1S/C17H15FN2O2/c18-16-4-2-1-3-15(16)13(12-19)11-14-5-6-17(22-14)20-7-9-21-10-8-20/h1-6,11H,7-10H2/b13-11-. The second kappa shape index (κ2) is 6.46. The molecule has 2 aromatic rings. The summed E-state index contributed by atoms with van der Waals surface area (Å²) in [7, 11) is 0. The van der Waals surface area contributed by atoms with Crippen LogP contribution in [0.5, 0.6) is 0 Å². The smallest absolute Gasteiger partial charge is 0.196 e. The Bertz CT molecular complexity index is 724. The summed E-state index contributed by atoms with van der Waals surface area (Å²) in [5.41, 5.74) is 0.510. The molecule has 112 valence electrons. The molecule has 1 aliphatic rings. The fraction of sp³-hybridized carbons (Fsp3) is 0.235. The van der Waals surface area contributed by atoms with Crippen LogP contribution in [-0.4, -0.2) is 26.3 Å². The molecule has 1 fully saturated rings. The van der Waals surface area contributed by atoms with Gasteiger partial charge in [-0.1, -0.05) is 18.2 Å². The molecule has 1 aromatic heterocycles. The summed E-state index contributed by atoms with van der Waals surface area (Å²) < 4.78 is 24.8. The zero-order chi connectivity index (χ0) is 15.4. The topological polar surface area (TPSA) is 49.4 Å². The van der Waals surface area contributed by atoms with Crippen LogP contribution in [-0.2, 0) is 4.74 Å². The first-order valence-corrected chi connectivity index (χ1v) is 7.07. The van der Waals surface area contributed by atoms with Crippen molar-refractivity contribution in [2.24, 2.45) is 0 Å². The van der Waals surface area contributed by atoms with Gasteiger partial charge in [0, 0.05) is 24.7 Å². The molecule has 1 aliphatic heterocycles. The Morgan fingerprint density at radius 3 is 2.68 bits per heavy atom. The number of rotatable bonds is 3. The molecule has 2 heterocycles. The van der Waals surface area contributed by atoms with Crippen molar-refractivity contribution in [2.75, 3.05) is 31.2 Å². The van der Waals surface area contributed by atoms with Gasteiger partial charge in [-0.15, -0.1) is 0 Å². The highest BCUT2D eigenvalue weighted by atomic mass is 19.1. The van der Waals surface area contributed by atoms with Crippen LogP contribution in [0.15, 0.2) is 40.8 Å². The Balaban J connectivity index is 1.86. The van der Waals surface area contributed by atoms with Gasteiger partial charge in [-0.2, -0.15) is 5.26 Å². The molecule has 0 saturated carbocycles. The van der Waals surface area contributed by atoms with Gasteiger partial charge in [0.1, 0.15) is 11.6 Å². The van der Waals surface area contributed by atoms with Crippen molar-refractivity contribution in [3.8, 4) is 6.07 Å². The number of hydrogen-bond donors (Lipinski definition) is 0. The van der Waals surface area contributed by atoms with E-state index in [1.807, 2.05) is 12.1 Å². The predicted molar refractivity (Wildman–Crippen MR) is 81.6 cm³/mol. The number of furan rings is 1. The second-order valence-electron chi connectivity index (χ2n) is 4.93. The van der Waals surface area contributed by atoms with Crippen LogP contribution in [0.25, 0.3) is 11.6 Å². The fourth-order valence-corrected chi connectivity index (χ4v) is 2.37. The maximum absolute atomic E-state index is 13.8. The third kappa shape index (κ3) is 3.02. The van der Waals surface area contributed by atoms with Gasteiger partial charge in [0.15, 0.2) is 5.88 Å². The molecule has 22 heavy (non-hydrogen) atoms. The molecule has 5 heteroatoms. The molecule has 3 rings (SSSR count). The molecular weight excluding hydrogens is 283 g/mol. The van der Waals surface area contributed by atoms with Crippen molar-refractivity contribution in [3.63, 3.8) is 0 Å². The number of halogens is 1. The van der Waals surface area contributed by atoms with Crippen molar-refractivity contribution in [1.82, 2.24) is 0 Å². The molecule has 0 spiro atoms. The van der Waals surface area contributed by atoms with Gasteiger partial charge in [-0.25, -0.2) is 4.39 Å². The Hall–Kier alpha value is -2.58. The Morgan fingerprint density at radius 1 is 1.18 bits per heavy atom. The highest BCUT2D eigenvalue weighted by molar-refractivity contribution is 5.89. The average Bonchev–Trinajstić information content (AvgIpc) is 3.03. The maximum Gasteiger partial charge on any atom is 0.196 e. The average molecular weight is 298 g/mol. The second-order valence-corrected chi connectivity index (χ2v) is 4.93. The molecule has 0 amide bonds. The van der Waals surface area contributed by atoms with Gasteiger partial charge in [-0.05, 0) is 18.2 Å². The van der Waals surface area contributed by atoms with E-state index >= 15 is 0 Å². The Labute approximate surface area is 128 Å². The van der Waals surface area contributed by atoms with E-state index < -0.39 is 5.82 Å². The lowest BCUT2D eigenvalue weighted by Gasteiger charge is -2.26. The van der Waals surface area contributed by atoms with Crippen molar-refractivity contribution in [1.29, 1.82) is 5.26 Å². The zero-order valence-corrected chi connectivity index (χ0v) is 12.0. The molecule has 0 atom stereocenters. The van der Waals surface area contributed by atoms with E-state index in [2.05, 4.69) is 4.90 Å². The number of hydrogen-bond acceptors (Lipinski definition) is 4. The van der Waals surface area contributed by atoms with Gasteiger partial charge in [-0.3, -0.25) is 0 Å². The van der Waals surface area contributed by atoms with Gasteiger partial charge >= 0.3 is 0 Å². The van der Waals surface area contributed by atoms with Crippen molar-refractivity contribution in [3.05, 3.63) is 53.5 Å². The number of nitriles is 1. The van der Waals surface area contributed by atoms with E-state index in [1.165, 1.54) is 6.07 Å². The Kier molecular flexibility index (Phi) is 4.22. The molecule has 0 bridgehead atoms. The van der Waals surface area contributed by atoms with E-state index in [-0.39, 0.29) is 11.1 Å². The third-order valence-corrected chi connectivity index (χ3v) is 3.51. The first-order valence-electron chi connectivity index (χ1n) is 7.07. The molecule has 1 saturated heterocycles. The monoisotopic (exact) mass is 298 g/mol. The van der Waals surface area contributed by atoms with Crippen LogP contribution in [0.1, 0.15) is 11.3 Å². The van der Waals surface area contributed by atoms with E-state index in [0.717, 1.165) is 19.0 Å². The third-order valence-electron chi connectivity index (χ3n) is 3.51. The van der Waals surface area contributed by atoms with Crippen LogP contribution >= 0.6 is 0 Å². The number of anilines is 1. The van der Waals surface area contributed by atoms with Crippen molar-refractivity contribution in [2.45, 2.75) is 0 Å². The molecule has 0 N–H and O–H groups in total. The molecule has 1 aromatic carbocycles. The summed E-state index contributed by atoms with van der Waals surface area (Å²) in [4.78, 5) is 2.08. The lowest BCUT2D eigenvalue weighted by molar-refractivity contribution is 0.120. The molecule has 0 radical (unpaired) electrons. The number of ether oxygens (including phenoxy) is 1. The van der Waals surface area contributed by atoms with Crippen LogP contribution in [0, 0.1) is 17.1 Å². The maximum atomic E-state index is 13.8. The summed E-state index contributed by atoms with van der Waals surface area (Å²) in [5, 5.41) is 9.27. The summed E-state index contributed by atoms with van der Waals surface area (Å²) in [6.45, 7) is 2.89. The molecule has 0 aliphatic carbocycles. The minimum absolute atomic E-state index is 0.237. The Morgan fingerprint density at radius 2 is 1.95 bits per heavy atom. The summed E-state index contributed by atoms with van der Waals surface area (Å²) in [6.07, 6.45) is 1.56. The van der Waals surface area contributed by atoms with E-state index in [4.69, 9.17) is 9.15 Å². The zero-order valence-electron chi connectivity index (χ0n) is 12.0. The van der Waals surface area contributed by atoms with E-state index in [1.54, 1.807) is 30.3 Å². The normalized spacial score (nSPS) is 15.6. The van der Waals surface area contributed by atoms with Gasteiger partial charge in [0.25, 0.3) is 0 Å². The number of morpholine rings is 1. The molecular formula is C17H15FN2O2. The van der Waals surface area contributed by atoms with Gasteiger partial charge in [0.05, 0.1) is 24.9 Å². The first-order chi connectivity index (χ1) is 10.8. The fourth-order valence-electron chi connectivity index (χ4n) is 2.37. The lowest BCUT2D eigenvalue weighted by atomic mass is 10.1. The van der Waals surface area contributed by atoms with Gasteiger partial charge in [0.2, 0.25) is 0 Å². The summed E-state index contributed by atoms with van der Waals surface area (Å²) in [6, 6.07) is 11.9. The molecule has 4 nitrogen and oxygen atoms in total. The van der Waals surface area contributed by atoms with Crippen molar-refractivity contribution < 1.29 is 13.5 Å². The highest BCUT2D eigenvalue weighted by Gasteiger charge is 2.15. The highest BCUT2D eigenvalue weighted by Crippen LogP contribution is 2.25. The number of nitrogens with zero attached hydrogens (tertiary/aromatic N) is 2. The number of allylic oxidation sites excluding steroid dienone is 1. The molecule has 0 unspecified atom stereocenters. The first kappa shape index (κ1) is 14.4. The quantitative estimate of drug-likeness (QED) is 0.816.